The summed E-state index contributed by atoms with van der Waals surface area (Å²) in [6.45, 7) is 0. The molecule has 31 heavy (non-hydrogen) atoms. The van der Waals surface area contributed by atoms with Gasteiger partial charge < -0.3 is 14.8 Å². The van der Waals surface area contributed by atoms with Gasteiger partial charge in [-0.05, 0) is 48.2 Å². The maximum atomic E-state index is 10.9. The van der Waals surface area contributed by atoms with E-state index in [1.807, 2.05) is 60.7 Å². The second-order valence-electron chi connectivity index (χ2n) is 7.14. The van der Waals surface area contributed by atoms with E-state index < -0.39 is 0 Å². The summed E-state index contributed by atoms with van der Waals surface area (Å²) in [6.07, 6.45) is 2.82. The zero-order valence-electron chi connectivity index (χ0n) is 17.0. The van der Waals surface area contributed by atoms with Gasteiger partial charge in [0.05, 0.1) is 11.3 Å². The highest BCUT2D eigenvalue weighted by atomic mass is 32.2. The molecule has 3 aromatic carbocycles. The fourth-order valence-corrected chi connectivity index (χ4v) is 4.14. The highest BCUT2D eigenvalue weighted by Gasteiger charge is 2.15. The standard InChI is InChI=1S/C9H9NO.C9H8O2.C7H6OS/c11-9-6-5-7-3-1-2-4-8(7)10-9;10-9-6-5-7-3-1-2-4-8(7)11-9;1-2-4-7-6(3-1)8-5-9-7/h1-4H,5-6H2,(H,10,11);1-4H,5-6H2;1-4H,5H2. The SMILES string of the molecule is O=C1CCc2ccccc2N1.O=C1CCc2ccccc2O1.c1ccc2c(c1)OCS2. The van der Waals surface area contributed by atoms with Gasteiger partial charge in [-0.2, -0.15) is 0 Å². The summed E-state index contributed by atoms with van der Waals surface area (Å²) in [5.74, 6) is 2.54. The van der Waals surface area contributed by atoms with Crippen LogP contribution >= 0.6 is 11.8 Å². The van der Waals surface area contributed by atoms with E-state index in [4.69, 9.17) is 9.47 Å². The number of benzene rings is 3. The van der Waals surface area contributed by atoms with E-state index >= 15 is 0 Å². The summed E-state index contributed by atoms with van der Waals surface area (Å²) in [5, 5.41) is 2.82. The van der Waals surface area contributed by atoms with Crippen LogP contribution in [0.3, 0.4) is 0 Å². The van der Waals surface area contributed by atoms with Crippen LogP contribution in [0.1, 0.15) is 24.0 Å². The van der Waals surface area contributed by atoms with E-state index in [0.717, 1.165) is 41.5 Å². The summed E-state index contributed by atoms with van der Waals surface area (Å²) in [6, 6.07) is 23.7. The van der Waals surface area contributed by atoms with E-state index in [1.165, 1.54) is 10.5 Å². The first-order valence-electron chi connectivity index (χ1n) is 10.2. The van der Waals surface area contributed by atoms with E-state index in [9.17, 15) is 9.59 Å². The van der Waals surface area contributed by atoms with Gasteiger partial charge in [0.25, 0.3) is 0 Å². The molecular formula is C25H23NO4S. The monoisotopic (exact) mass is 433 g/mol. The van der Waals surface area contributed by atoms with Crippen molar-refractivity contribution in [1.29, 1.82) is 0 Å². The van der Waals surface area contributed by atoms with E-state index in [0.29, 0.717) is 12.8 Å². The van der Waals surface area contributed by atoms with Crippen LogP contribution in [0.15, 0.2) is 77.7 Å². The molecule has 5 nitrogen and oxygen atoms in total. The molecule has 6 rings (SSSR count). The lowest BCUT2D eigenvalue weighted by Crippen LogP contribution is -2.18. The molecule has 0 saturated heterocycles. The number of esters is 1. The minimum absolute atomic E-state index is 0.122. The Morgan fingerprint density at radius 3 is 2.23 bits per heavy atom. The van der Waals surface area contributed by atoms with Crippen LogP contribution in [-0.4, -0.2) is 17.8 Å². The molecule has 3 aliphatic rings. The van der Waals surface area contributed by atoms with Gasteiger partial charge in [-0.25, -0.2) is 0 Å². The number of carbonyl (C=O) groups is 2. The fourth-order valence-electron chi connectivity index (χ4n) is 3.39. The predicted octanol–water partition coefficient (Wildman–Crippen LogP) is 5.24. The maximum Gasteiger partial charge on any atom is 0.311 e. The van der Waals surface area contributed by atoms with Crippen LogP contribution in [0, 0.1) is 0 Å². The average molecular weight is 434 g/mol. The van der Waals surface area contributed by atoms with Gasteiger partial charge in [-0.3, -0.25) is 9.59 Å². The number of amides is 1. The molecule has 0 fully saturated rings. The van der Waals surface area contributed by atoms with Crippen molar-refractivity contribution in [1.82, 2.24) is 0 Å². The van der Waals surface area contributed by atoms with Crippen LogP contribution in [0.4, 0.5) is 5.69 Å². The van der Waals surface area contributed by atoms with Crippen molar-refractivity contribution in [2.75, 3.05) is 11.3 Å². The second-order valence-corrected chi connectivity index (χ2v) is 8.10. The summed E-state index contributed by atoms with van der Waals surface area (Å²) < 4.78 is 10.3. The highest BCUT2D eigenvalue weighted by molar-refractivity contribution is 7.99. The largest absolute Gasteiger partial charge is 0.481 e. The molecule has 0 aliphatic carbocycles. The minimum atomic E-state index is -0.122. The van der Waals surface area contributed by atoms with Gasteiger partial charge in [-0.1, -0.05) is 60.3 Å². The Morgan fingerprint density at radius 2 is 1.39 bits per heavy atom. The molecule has 0 atom stereocenters. The number of para-hydroxylation sites is 3. The zero-order valence-corrected chi connectivity index (χ0v) is 17.8. The quantitative estimate of drug-likeness (QED) is 0.388. The Hall–Kier alpha value is -3.25. The Kier molecular flexibility index (Phi) is 6.89. The number of carbonyl (C=O) groups excluding carboxylic acids is 2. The Balaban J connectivity index is 0.000000113. The number of hydrogen-bond donors (Lipinski definition) is 1. The number of anilines is 1. The van der Waals surface area contributed by atoms with Crippen LogP contribution in [0.25, 0.3) is 0 Å². The fraction of sp³-hybridized carbons (Fsp3) is 0.200. The molecule has 6 heteroatoms. The van der Waals surface area contributed by atoms with Gasteiger partial charge in [0.15, 0.2) is 0 Å². The van der Waals surface area contributed by atoms with Crippen LogP contribution in [0.5, 0.6) is 11.5 Å². The number of rotatable bonds is 0. The molecule has 3 aliphatic heterocycles. The first kappa shape index (κ1) is 21.0. The lowest BCUT2D eigenvalue weighted by atomic mass is 10.0. The Morgan fingerprint density at radius 1 is 0.710 bits per heavy atom. The third-order valence-corrected chi connectivity index (χ3v) is 5.87. The normalized spacial score (nSPS) is 15.2. The van der Waals surface area contributed by atoms with Crippen molar-refractivity contribution >= 4 is 29.3 Å². The smallest absolute Gasteiger partial charge is 0.311 e. The molecule has 0 radical (unpaired) electrons. The molecule has 3 heterocycles. The van der Waals surface area contributed by atoms with Crippen molar-refractivity contribution in [3.63, 3.8) is 0 Å². The van der Waals surface area contributed by atoms with Crippen molar-refractivity contribution in [2.24, 2.45) is 0 Å². The molecule has 0 saturated carbocycles. The molecule has 1 N–H and O–H groups in total. The molecule has 0 bridgehead atoms. The number of hydrogen-bond acceptors (Lipinski definition) is 5. The van der Waals surface area contributed by atoms with Crippen LogP contribution in [-0.2, 0) is 22.4 Å². The topological polar surface area (TPSA) is 64.6 Å². The summed E-state index contributed by atoms with van der Waals surface area (Å²) in [5.41, 5.74) is 3.35. The lowest BCUT2D eigenvalue weighted by Gasteiger charge is -2.15. The Bertz CT molecular complexity index is 998. The van der Waals surface area contributed by atoms with E-state index in [1.54, 1.807) is 11.8 Å². The number of fused-ring (bicyclic) bond motifs is 3. The van der Waals surface area contributed by atoms with Gasteiger partial charge in [0.2, 0.25) is 5.91 Å². The third kappa shape index (κ3) is 5.67. The summed E-state index contributed by atoms with van der Waals surface area (Å²) >= 11 is 1.75. The maximum absolute atomic E-state index is 10.9. The predicted molar refractivity (Wildman–Crippen MR) is 122 cm³/mol. The van der Waals surface area contributed by atoms with Gasteiger partial charge in [0.1, 0.15) is 17.4 Å². The molecular weight excluding hydrogens is 410 g/mol. The first-order chi connectivity index (χ1) is 15.2. The number of ether oxygens (including phenoxy) is 2. The minimum Gasteiger partial charge on any atom is -0.481 e. The first-order valence-corrected chi connectivity index (χ1v) is 11.2. The van der Waals surface area contributed by atoms with E-state index in [2.05, 4.69) is 17.4 Å². The number of thioether (sulfide) groups is 1. The van der Waals surface area contributed by atoms with Crippen molar-refractivity contribution in [2.45, 2.75) is 30.6 Å². The third-order valence-electron chi connectivity index (χ3n) is 4.99. The lowest BCUT2D eigenvalue weighted by molar-refractivity contribution is -0.135. The molecule has 0 spiro atoms. The summed E-state index contributed by atoms with van der Waals surface area (Å²) in [7, 11) is 0. The molecule has 3 aromatic rings. The Labute approximate surface area is 185 Å². The van der Waals surface area contributed by atoms with Crippen LogP contribution < -0.4 is 14.8 Å². The number of nitrogens with one attached hydrogen (secondary N) is 1. The molecule has 158 valence electrons. The van der Waals surface area contributed by atoms with Crippen LogP contribution in [0.2, 0.25) is 0 Å². The molecule has 1 amide bonds. The second kappa shape index (κ2) is 10.2. The molecule has 0 unspecified atom stereocenters. The highest BCUT2D eigenvalue weighted by Crippen LogP contribution is 2.35. The van der Waals surface area contributed by atoms with E-state index in [-0.39, 0.29) is 11.9 Å². The van der Waals surface area contributed by atoms with Crippen molar-refractivity contribution < 1.29 is 19.1 Å². The van der Waals surface area contributed by atoms with Gasteiger partial charge >= 0.3 is 5.97 Å². The van der Waals surface area contributed by atoms with Gasteiger partial charge in [-0.15, -0.1) is 0 Å². The number of aryl methyl sites for hydroxylation is 2. The van der Waals surface area contributed by atoms with Crippen molar-refractivity contribution in [3.05, 3.63) is 83.9 Å². The van der Waals surface area contributed by atoms with Crippen molar-refractivity contribution in [3.8, 4) is 11.5 Å². The summed E-state index contributed by atoms with van der Waals surface area (Å²) in [4.78, 5) is 23.0. The zero-order chi connectivity index (χ0) is 21.5. The average Bonchev–Trinajstić information content (AvgIpc) is 3.29. The van der Waals surface area contributed by atoms with Gasteiger partial charge in [0, 0.05) is 12.1 Å². The molecule has 0 aromatic heterocycles.